The maximum Gasteiger partial charge on any atom is 0.213 e. The molecule has 1 atom stereocenters. The van der Waals surface area contributed by atoms with Gasteiger partial charge in [-0.25, -0.2) is 9.67 Å². The summed E-state index contributed by atoms with van der Waals surface area (Å²) in [6, 6.07) is 8.30. The van der Waals surface area contributed by atoms with Gasteiger partial charge < -0.3 is 15.7 Å². The number of benzene rings is 1. The number of aliphatic hydroxyl groups is 1. The molecule has 3 N–H and O–H groups in total. The molecule has 0 amide bonds. The maximum atomic E-state index is 13.9. The number of anilines is 2. The monoisotopic (exact) mass is 548 g/mol. The van der Waals surface area contributed by atoms with E-state index in [9.17, 15) is 14.8 Å². The highest BCUT2D eigenvalue weighted by atomic mass is 35.5. The van der Waals surface area contributed by atoms with E-state index in [0.717, 1.165) is 12.8 Å². The fourth-order valence-electron chi connectivity index (χ4n) is 4.54. The molecule has 1 aliphatic rings. The lowest BCUT2D eigenvalue weighted by atomic mass is 9.96. The van der Waals surface area contributed by atoms with Gasteiger partial charge in [0, 0.05) is 35.1 Å². The summed E-state index contributed by atoms with van der Waals surface area (Å²) in [7, 11) is 0. The molecule has 1 aliphatic carbocycles. The Kier molecular flexibility index (Phi) is 6.91. The van der Waals surface area contributed by atoms with E-state index in [4.69, 9.17) is 11.6 Å². The van der Waals surface area contributed by atoms with Crippen LogP contribution in [0.25, 0.3) is 10.9 Å². The van der Waals surface area contributed by atoms with Crippen LogP contribution in [-0.4, -0.2) is 43.2 Å². The largest absolute Gasteiger partial charge is 0.394 e. The summed E-state index contributed by atoms with van der Waals surface area (Å²) >= 11 is 6.70. The molecule has 1 fully saturated rings. The fraction of sp³-hybridized carbons (Fsp3) is 0.393. The molecule has 3 heterocycles. The van der Waals surface area contributed by atoms with Gasteiger partial charge in [-0.2, -0.15) is 9.65 Å². The number of aliphatic hydroxyl groups excluding tert-OH is 1. The Morgan fingerprint density at radius 3 is 2.69 bits per heavy atom. The van der Waals surface area contributed by atoms with Gasteiger partial charge in [0.25, 0.3) is 0 Å². The van der Waals surface area contributed by atoms with Crippen LogP contribution in [0, 0.1) is 29.6 Å². The molecule has 9 nitrogen and oxygen atoms in total. The molecule has 0 bridgehead atoms. The van der Waals surface area contributed by atoms with E-state index in [0.29, 0.717) is 56.4 Å². The average molecular weight is 549 g/mol. The van der Waals surface area contributed by atoms with Gasteiger partial charge in [0.15, 0.2) is 0 Å². The Bertz CT molecular complexity index is 1590. The Hall–Kier alpha value is -3.81. The van der Waals surface area contributed by atoms with Gasteiger partial charge in [-0.3, -0.25) is 4.98 Å². The number of nitrogens with one attached hydrogen (secondary N) is 2. The zero-order chi connectivity index (χ0) is 27.9. The van der Waals surface area contributed by atoms with Crippen molar-refractivity contribution >= 4 is 33.9 Å². The van der Waals surface area contributed by atoms with Crippen molar-refractivity contribution in [1.29, 1.82) is 5.26 Å². The van der Waals surface area contributed by atoms with Crippen molar-refractivity contribution in [1.82, 2.24) is 25.0 Å². The van der Waals surface area contributed by atoms with Crippen LogP contribution < -0.4 is 10.6 Å². The number of nitrogens with zero attached hydrogens (tertiary/aromatic N) is 6. The summed E-state index contributed by atoms with van der Waals surface area (Å²) in [6.45, 7) is 8.66. The molecule has 5 rings (SSSR count). The third-order valence-corrected chi connectivity index (χ3v) is 7.26. The van der Waals surface area contributed by atoms with E-state index >= 15 is 0 Å². The quantitative estimate of drug-likeness (QED) is 0.252. The normalized spacial score (nSPS) is 15.1. The third-order valence-electron chi connectivity index (χ3n) is 6.97. The first-order valence-electron chi connectivity index (χ1n) is 12.7. The maximum absolute atomic E-state index is 13.9. The first-order chi connectivity index (χ1) is 18.5. The summed E-state index contributed by atoms with van der Waals surface area (Å²) in [5.74, 6) is -0.575. The minimum Gasteiger partial charge on any atom is -0.394 e. The van der Waals surface area contributed by atoms with E-state index in [1.807, 2.05) is 6.07 Å². The number of fused-ring (bicyclic) bond motifs is 1. The number of pyridine rings is 2. The van der Waals surface area contributed by atoms with E-state index in [1.165, 1.54) is 12.3 Å². The van der Waals surface area contributed by atoms with Gasteiger partial charge in [0.05, 0.1) is 46.2 Å². The summed E-state index contributed by atoms with van der Waals surface area (Å²) in [6.07, 6.45) is 4.97. The predicted octanol–water partition coefficient (Wildman–Crippen LogP) is 5.33. The van der Waals surface area contributed by atoms with Crippen LogP contribution in [0.2, 0.25) is 5.02 Å². The molecule has 1 saturated carbocycles. The second kappa shape index (κ2) is 10.1. The lowest BCUT2D eigenvalue weighted by molar-refractivity contribution is 0.200. The van der Waals surface area contributed by atoms with Crippen LogP contribution in [0.1, 0.15) is 62.2 Å². The number of rotatable bonds is 8. The van der Waals surface area contributed by atoms with Crippen LogP contribution in [0.3, 0.4) is 0 Å². The molecular weight excluding hydrogens is 519 g/mol. The SMILES string of the molecule is Cc1nc(F)ccc1[C@H](Nc1cc(Cl)c2ncc(C#N)c(NCC(C)(C)C)c2c1)c1cn(C2(CO)CC2)nn1. The average Bonchev–Trinajstić information content (AvgIpc) is 3.53. The van der Waals surface area contributed by atoms with Crippen LogP contribution in [0.5, 0.6) is 0 Å². The van der Waals surface area contributed by atoms with Crippen LogP contribution in [0.15, 0.2) is 36.7 Å². The molecule has 0 aliphatic heterocycles. The topological polar surface area (TPSA) is 125 Å². The second-order valence-corrected chi connectivity index (χ2v) is 11.7. The fourth-order valence-corrected chi connectivity index (χ4v) is 4.81. The number of aromatic nitrogens is 5. The molecule has 4 aromatic rings. The lowest BCUT2D eigenvalue weighted by Gasteiger charge is -2.23. The van der Waals surface area contributed by atoms with Gasteiger partial charge in [0.2, 0.25) is 5.95 Å². The highest BCUT2D eigenvalue weighted by Gasteiger charge is 2.45. The summed E-state index contributed by atoms with van der Waals surface area (Å²) in [4.78, 5) is 8.45. The first kappa shape index (κ1) is 26.8. The van der Waals surface area contributed by atoms with E-state index < -0.39 is 17.5 Å². The zero-order valence-corrected chi connectivity index (χ0v) is 23.0. The van der Waals surface area contributed by atoms with E-state index in [-0.39, 0.29) is 12.0 Å². The summed E-state index contributed by atoms with van der Waals surface area (Å²) in [5.41, 5.74) is 3.62. The molecule has 39 heavy (non-hydrogen) atoms. The van der Waals surface area contributed by atoms with Crippen molar-refractivity contribution in [2.45, 2.75) is 52.1 Å². The summed E-state index contributed by atoms with van der Waals surface area (Å²) in [5, 5.41) is 36.4. The van der Waals surface area contributed by atoms with Crippen LogP contribution in [-0.2, 0) is 5.54 Å². The Morgan fingerprint density at radius 2 is 2.05 bits per heavy atom. The lowest BCUT2D eigenvalue weighted by Crippen LogP contribution is -2.22. The van der Waals surface area contributed by atoms with Gasteiger partial charge in [-0.1, -0.05) is 43.7 Å². The van der Waals surface area contributed by atoms with Gasteiger partial charge in [-0.15, -0.1) is 5.10 Å². The first-order valence-corrected chi connectivity index (χ1v) is 13.1. The van der Waals surface area contributed by atoms with Crippen molar-refractivity contribution in [3.05, 3.63) is 70.1 Å². The number of hydrogen-bond acceptors (Lipinski definition) is 8. The van der Waals surface area contributed by atoms with Crippen molar-refractivity contribution < 1.29 is 9.50 Å². The number of hydrogen-bond donors (Lipinski definition) is 3. The highest BCUT2D eigenvalue weighted by molar-refractivity contribution is 6.35. The molecule has 1 aromatic carbocycles. The molecule has 0 saturated heterocycles. The Balaban J connectivity index is 1.60. The summed E-state index contributed by atoms with van der Waals surface area (Å²) < 4.78 is 15.6. The molecule has 3 aromatic heterocycles. The van der Waals surface area contributed by atoms with Gasteiger partial charge >= 0.3 is 0 Å². The van der Waals surface area contributed by atoms with E-state index in [1.54, 1.807) is 29.9 Å². The molecule has 202 valence electrons. The van der Waals surface area contributed by atoms with Gasteiger partial charge in [0.1, 0.15) is 11.8 Å². The Morgan fingerprint density at radius 1 is 1.28 bits per heavy atom. The molecule has 0 unspecified atom stereocenters. The smallest absolute Gasteiger partial charge is 0.213 e. The number of halogens is 2. The van der Waals surface area contributed by atoms with Crippen molar-refractivity contribution in [3.8, 4) is 6.07 Å². The molecule has 0 spiro atoms. The van der Waals surface area contributed by atoms with Crippen molar-refractivity contribution in [3.63, 3.8) is 0 Å². The van der Waals surface area contributed by atoms with Crippen LogP contribution >= 0.6 is 11.6 Å². The third kappa shape index (κ3) is 5.37. The number of nitriles is 1. The highest BCUT2D eigenvalue weighted by Crippen LogP contribution is 2.43. The minimum atomic E-state index is -0.575. The van der Waals surface area contributed by atoms with E-state index in [2.05, 4.69) is 57.8 Å². The van der Waals surface area contributed by atoms with Crippen LogP contribution in [0.4, 0.5) is 15.8 Å². The number of aryl methyl sites for hydroxylation is 1. The molecular formula is C28H30ClFN8O. The standard InChI is InChI=1S/C28H30ClFN8O/c1-16-19(5-6-23(30)34-16)26(22-13-38(37-36-22)28(15-39)7-8-28)35-18-9-20-24(33-14-27(2,3)4)17(11-31)12-32-25(20)21(29)10-18/h5-6,9-10,12-13,26,35,39H,7-8,14-15H2,1-4H3,(H,32,33)/t26-/m0/s1. The predicted molar refractivity (Wildman–Crippen MR) is 148 cm³/mol. The Labute approximate surface area is 231 Å². The second-order valence-electron chi connectivity index (χ2n) is 11.3. The van der Waals surface area contributed by atoms with Crippen molar-refractivity contribution in [2.24, 2.45) is 5.41 Å². The minimum absolute atomic E-state index is 0.0239. The zero-order valence-electron chi connectivity index (χ0n) is 22.3. The van der Waals surface area contributed by atoms with Gasteiger partial charge in [-0.05, 0) is 43.4 Å². The molecule has 0 radical (unpaired) electrons. The van der Waals surface area contributed by atoms with Crippen molar-refractivity contribution in [2.75, 3.05) is 23.8 Å². The molecule has 11 heteroatoms.